The zero-order chi connectivity index (χ0) is 15.9. The van der Waals surface area contributed by atoms with Gasteiger partial charge in [-0.2, -0.15) is 0 Å². The first-order chi connectivity index (χ1) is 10.6. The van der Waals surface area contributed by atoms with E-state index in [1.54, 1.807) is 9.80 Å². The number of hydrogen-bond donors (Lipinski definition) is 1. The fraction of sp³-hybridized carbons (Fsp3) is 0.875. The first-order valence-corrected chi connectivity index (χ1v) is 8.49. The maximum atomic E-state index is 12.2. The van der Waals surface area contributed by atoms with Crippen LogP contribution in [0.5, 0.6) is 0 Å². The third kappa shape index (κ3) is 4.52. The first kappa shape index (κ1) is 16.9. The van der Waals surface area contributed by atoms with Crippen LogP contribution in [0.25, 0.3) is 0 Å². The molecule has 1 saturated carbocycles. The fourth-order valence-electron chi connectivity index (χ4n) is 3.41. The van der Waals surface area contributed by atoms with E-state index in [2.05, 4.69) is 12.2 Å². The molecule has 6 nitrogen and oxygen atoms in total. The van der Waals surface area contributed by atoms with Gasteiger partial charge in [0.25, 0.3) is 0 Å². The molecule has 0 aromatic heterocycles. The summed E-state index contributed by atoms with van der Waals surface area (Å²) in [5.74, 6) is 1.52. The Morgan fingerprint density at radius 3 is 2.09 bits per heavy atom. The number of nitrogens with one attached hydrogen (secondary N) is 1. The smallest absolute Gasteiger partial charge is 0.409 e. The predicted molar refractivity (Wildman–Crippen MR) is 84.7 cm³/mol. The van der Waals surface area contributed by atoms with Crippen molar-refractivity contribution < 1.29 is 14.3 Å². The van der Waals surface area contributed by atoms with Crippen molar-refractivity contribution in [2.75, 3.05) is 39.8 Å². The number of rotatable bonds is 3. The maximum Gasteiger partial charge on any atom is 0.409 e. The molecule has 1 saturated heterocycles. The molecule has 0 bridgehead atoms. The average Bonchev–Trinajstić information content (AvgIpc) is 2.59. The number of carbonyl (C=O) groups is 2. The standard InChI is InChI=1S/C16H29N3O3/c1-3-13-4-6-14(7-5-13)12-17-15(20)18-8-10-19(11-9-18)16(21)22-2/h13-14H,3-12H2,1-2H3,(H,17,20). The van der Waals surface area contributed by atoms with Crippen LogP contribution < -0.4 is 5.32 Å². The highest BCUT2D eigenvalue weighted by Crippen LogP contribution is 2.30. The Hall–Kier alpha value is -1.46. The quantitative estimate of drug-likeness (QED) is 0.870. The molecule has 22 heavy (non-hydrogen) atoms. The van der Waals surface area contributed by atoms with E-state index >= 15 is 0 Å². The van der Waals surface area contributed by atoms with E-state index < -0.39 is 0 Å². The lowest BCUT2D eigenvalue weighted by atomic mass is 9.81. The summed E-state index contributed by atoms with van der Waals surface area (Å²) in [6.07, 6.45) is 6.03. The van der Waals surface area contributed by atoms with Gasteiger partial charge in [-0.15, -0.1) is 0 Å². The van der Waals surface area contributed by atoms with E-state index in [0.29, 0.717) is 32.1 Å². The number of ether oxygens (including phenoxy) is 1. The minimum atomic E-state index is -0.312. The molecular weight excluding hydrogens is 282 g/mol. The molecular formula is C16H29N3O3. The van der Waals surface area contributed by atoms with E-state index in [4.69, 9.17) is 4.74 Å². The molecule has 2 fully saturated rings. The van der Waals surface area contributed by atoms with Crippen LogP contribution in [0.1, 0.15) is 39.0 Å². The monoisotopic (exact) mass is 311 g/mol. The molecule has 126 valence electrons. The molecule has 1 N–H and O–H groups in total. The summed E-state index contributed by atoms with van der Waals surface area (Å²) >= 11 is 0. The number of nitrogens with zero attached hydrogens (tertiary/aromatic N) is 2. The van der Waals surface area contributed by atoms with Crippen LogP contribution in [0.4, 0.5) is 9.59 Å². The normalized spacial score (nSPS) is 25.7. The SMILES string of the molecule is CCC1CCC(CNC(=O)N2CCN(C(=O)OC)CC2)CC1. The van der Waals surface area contributed by atoms with Gasteiger partial charge in [0.05, 0.1) is 7.11 Å². The van der Waals surface area contributed by atoms with Crippen molar-refractivity contribution in [3.63, 3.8) is 0 Å². The van der Waals surface area contributed by atoms with Gasteiger partial charge < -0.3 is 19.9 Å². The van der Waals surface area contributed by atoms with E-state index in [0.717, 1.165) is 12.5 Å². The topological polar surface area (TPSA) is 61.9 Å². The summed E-state index contributed by atoms with van der Waals surface area (Å²) in [5.41, 5.74) is 0. The number of piperazine rings is 1. The van der Waals surface area contributed by atoms with E-state index in [1.807, 2.05) is 0 Å². The molecule has 0 unspecified atom stereocenters. The molecule has 2 aliphatic rings. The van der Waals surface area contributed by atoms with Gasteiger partial charge in [-0.1, -0.05) is 26.2 Å². The van der Waals surface area contributed by atoms with Crippen LogP contribution in [-0.2, 0) is 4.74 Å². The zero-order valence-corrected chi connectivity index (χ0v) is 13.8. The minimum Gasteiger partial charge on any atom is -0.453 e. The number of hydrogen-bond acceptors (Lipinski definition) is 3. The molecule has 0 aromatic carbocycles. The van der Waals surface area contributed by atoms with Crippen molar-refractivity contribution in [1.29, 1.82) is 0 Å². The third-order valence-electron chi connectivity index (χ3n) is 5.09. The third-order valence-corrected chi connectivity index (χ3v) is 5.09. The summed E-state index contributed by atoms with van der Waals surface area (Å²) in [4.78, 5) is 27.0. The highest BCUT2D eigenvalue weighted by molar-refractivity contribution is 5.75. The predicted octanol–water partition coefficient (Wildman–Crippen LogP) is 2.30. The Bertz CT molecular complexity index is 373. The van der Waals surface area contributed by atoms with E-state index in [9.17, 15) is 9.59 Å². The second-order valence-corrected chi connectivity index (χ2v) is 6.43. The molecule has 6 heteroatoms. The fourth-order valence-corrected chi connectivity index (χ4v) is 3.41. The van der Waals surface area contributed by atoms with Crippen LogP contribution in [0.2, 0.25) is 0 Å². The van der Waals surface area contributed by atoms with Gasteiger partial charge in [0, 0.05) is 32.7 Å². The minimum absolute atomic E-state index is 0.00197. The number of urea groups is 1. The first-order valence-electron chi connectivity index (χ1n) is 8.49. The molecule has 0 aromatic rings. The molecule has 3 amide bonds. The number of carbonyl (C=O) groups excluding carboxylic acids is 2. The average molecular weight is 311 g/mol. The second kappa shape index (κ2) is 8.25. The summed E-state index contributed by atoms with van der Waals surface area (Å²) in [6, 6.07) is 0.00197. The molecule has 2 rings (SSSR count). The van der Waals surface area contributed by atoms with Crippen LogP contribution >= 0.6 is 0 Å². The van der Waals surface area contributed by atoms with Crippen molar-refractivity contribution in [3.8, 4) is 0 Å². The van der Waals surface area contributed by atoms with Gasteiger partial charge in [0.15, 0.2) is 0 Å². The molecule has 1 heterocycles. The number of amides is 3. The Morgan fingerprint density at radius 1 is 1.00 bits per heavy atom. The largest absolute Gasteiger partial charge is 0.453 e. The van der Waals surface area contributed by atoms with Gasteiger partial charge >= 0.3 is 12.1 Å². The zero-order valence-electron chi connectivity index (χ0n) is 13.8. The summed E-state index contributed by atoms with van der Waals surface area (Å²) in [6.45, 7) is 5.28. The van der Waals surface area contributed by atoms with Crippen LogP contribution in [0.15, 0.2) is 0 Å². The van der Waals surface area contributed by atoms with Crippen LogP contribution in [-0.4, -0.2) is 61.8 Å². The van der Waals surface area contributed by atoms with E-state index in [-0.39, 0.29) is 12.1 Å². The second-order valence-electron chi connectivity index (χ2n) is 6.43. The highest BCUT2D eigenvalue weighted by atomic mass is 16.5. The van der Waals surface area contributed by atoms with E-state index in [1.165, 1.54) is 39.2 Å². The van der Waals surface area contributed by atoms with Crippen molar-refractivity contribution in [2.24, 2.45) is 11.8 Å². The molecule has 1 aliphatic carbocycles. The number of methoxy groups -OCH3 is 1. The van der Waals surface area contributed by atoms with Crippen LogP contribution in [0, 0.1) is 11.8 Å². The highest BCUT2D eigenvalue weighted by Gasteiger charge is 2.25. The van der Waals surface area contributed by atoms with Crippen molar-refractivity contribution in [2.45, 2.75) is 39.0 Å². The molecule has 0 radical (unpaired) electrons. The lowest BCUT2D eigenvalue weighted by molar-refractivity contribution is 0.0967. The summed E-state index contributed by atoms with van der Waals surface area (Å²) < 4.78 is 4.70. The molecule has 0 spiro atoms. The maximum absolute atomic E-state index is 12.2. The van der Waals surface area contributed by atoms with Gasteiger partial charge in [-0.3, -0.25) is 0 Å². The van der Waals surface area contributed by atoms with Crippen molar-refractivity contribution in [3.05, 3.63) is 0 Å². The Balaban J connectivity index is 1.65. The Labute approximate surface area is 133 Å². The summed E-state index contributed by atoms with van der Waals surface area (Å²) in [7, 11) is 1.38. The summed E-state index contributed by atoms with van der Waals surface area (Å²) in [5, 5.41) is 3.07. The van der Waals surface area contributed by atoms with Gasteiger partial charge in [-0.05, 0) is 24.7 Å². The lowest BCUT2D eigenvalue weighted by Gasteiger charge is -2.34. The van der Waals surface area contributed by atoms with Crippen molar-refractivity contribution >= 4 is 12.1 Å². The van der Waals surface area contributed by atoms with Gasteiger partial charge in [0.1, 0.15) is 0 Å². The van der Waals surface area contributed by atoms with Gasteiger partial charge in [-0.25, -0.2) is 9.59 Å². The molecule has 1 aliphatic heterocycles. The van der Waals surface area contributed by atoms with Gasteiger partial charge in [0.2, 0.25) is 0 Å². The lowest BCUT2D eigenvalue weighted by Crippen LogP contribution is -2.53. The van der Waals surface area contributed by atoms with Crippen molar-refractivity contribution in [1.82, 2.24) is 15.1 Å². The molecule has 0 atom stereocenters. The van der Waals surface area contributed by atoms with Crippen LogP contribution in [0.3, 0.4) is 0 Å². The Kier molecular flexibility index (Phi) is 6.34. The Morgan fingerprint density at radius 2 is 1.55 bits per heavy atom.